The molecule has 0 aromatic carbocycles. The first-order chi connectivity index (χ1) is 17.3. The van der Waals surface area contributed by atoms with Gasteiger partial charge in [0.05, 0.1) is 19.5 Å². The van der Waals surface area contributed by atoms with E-state index in [0.717, 1.165) is 6.20 Å². The summed E-state index contributed by atoms with van der Waals surface area (Å²) in [6, 6.07) is 0. The number of nitrogens with zero attached hydrogens (tertiary/aromatic N) is 5. The molecule has 6 N–H and O–H groups in total. The molecule has 0 saturated carbocycles. The van der Waals surface area contributed by atoms with Crippen molar-refractivity contribution in [3.05, 3.63) is 29.9 Å². The lowest BCUT2D eigenvalue weighted by Crippen LogP contribution is -2.33. The van der Waals surface area contributed by atoms with Gasteiger partial charge >= 0.3 is 11.9 Å². The van der Waals surface area contributed by atoms with E-state index in [1.54, 1.807) is 6.92 Å². The third-order valence-electron chi connectivity index (χ3n) is 5.30. The monoisotopic (exact) mass is 503 g/mol. The molecule has 0 radical (unpaired) electrons. The Morgan fingerprint density at radius 1 is 1.31 bits per heavy atom. The first-order valence-corrected chi connectivity index (χ1v) is 10.5. The molecule has 16 heteroatoms. The minimum atomic E-state index is -1.49. The summed E-state index contributed by atoms with van der Waals surface area (Å²) in [6.07, 6.45) is -1.60. The van der Waals surface area contributed by atoms with Gasteiger partial charge in [0.1, 0.15) is 35.1 Å². The van der Waals surface area contributed by atoms with Crippen LogP contribution in [-0.2, 0) is 19.1 Å². The molecule has 0 aliphatic carbocycles. The molecular formula is C20H21N7O9. The van der Waals surface area contributed by atoms with Gasteiger partial charge in [-0.05, 0) is 6.92 Å². The number of fused-ring (bicyclic) bond motifs is 1. The summed E-state index contributed by atoms with van der Waals surface area (Å²) in [5.74, 6) is -2.39. The molecular weight excluding hydrogens is 482 g/mol. The Morgan fingerprint density at radius 3 is 2.72 bits per heavy atom. The predicted octanol–water partition coefficient (Wildman–Crippen LogP) is -1.42. The number of aromatic nitrogens is 6. The van der Waals surface area contributed by atoms with E-state index in [2.05, 4.69) is 30.5 Å². The summed E-state index contributed by atoms with van der Waals surface area (Å²) in [5, 5.41) is 48.3. The molecule has 3 unspecified atom stereocenters. The fraction of sp³-hybridized carbons (Fsp3) is 0.350. The van der Waals surface area contributed by atoms with Crippen LogP contribution in [0.3, 0.4) is 0 Å². The van der Waals surface area contributed by atoms with Crippen molar-refractivity contribution in [2.24, 2.45) is 0 Å². The molecule has 1 aliphatic heterocycles. The van der Waals surface area contributed by atoms with Gasteiger partial charge in [-0.3, -0.25) is 14.5 Å². The summed E-state index contributed by atoms with van der Waals surface area (Å²) in [7, 11) is 0. The van der Waals surface area contributed by atoms with Crippen LogP contribution in [0.1, 0.15) is 23.5 Å². The third kappa shape index (κ3) is 4.40. The normalized spacial score (nSPS) is 22.1. The Morgan fingerprint density at radius 2 is 2.08 bits per heavy atom. The number of carboxylic acids is 1. The zero-order valence-electron chi connectivity index (χ0n) is 18.6. The molecule has 1 saturated heterocycles. The number of aromatic amines is 1. The number of aliphatic hydroxyl groups is 3. The van der Waals surface area contributed by atoms with Crippen molar-refractivity contribution in [3.63, 3.8) is 0 Å². The topological polar surface area (TPSA) is 235 Å². The Bertz CT molecular complexity index is 1330. The Kier molecular flexibility index (Phi) is 7.02. The second-order valence-corrected chi connectivity index (χ2v) is 7.48. The highest BCUT2D eigenvalue weighted by Gasteiger charge is 2.44. The highest BCUT2D eigenvalue weighted by molar-refractivity contribution is 6.07. The highest BCUT2D eigenvalue weighted by Crippen LogP contribution is 2.33. The molecule has 4 rings (SSSR count). The average molecular weight is 503 g/mol. The van der Waals surface area contributed by atoms with Gasteiger partial charge in [-0.2, -0.15) is 5.10 Å². The van der Waals surface area contributed by atoms with Crippen LogP contribution in [-0.4, -0.2) is 99.9 Å². The molecule has 4 atom stereocenters. The molecule has 4 heterocycles. The minimum Gasteiger partial charge on any atom is -0.478 e. The highest BCUT2D eigenvalue weighted by atomic mass is 16.6. The predicted molar refractivity (Wildman–Crippen MR) is 117 cm³/mol. The van der Waals surface area contributed by atoms with E-state index in [1.165, 1.54) is 17.1 Å². The minimum absolute atomic E-state index is 0.00914. The second-order valence-electron chi connectivity index (χ2n) is 7.48. The van der Waals surface area contributed by atoms with E-state index in [-0.39, 0.29) is 47.0 Å². The molecule has 1 aliphatic rings. The van der Waals surface area contributed by atoms with Crippen LogP contribution in [0.5, 0.6) is 0 Å². The van der Waals surface area contributed by atoms with Crippen molar-refractivity contribution in [3.8, 4) is 11.5 Å². The molecule has 3 aromatic heterocycles. The van der Waals surface area contributed by atoms with E-state index in [9.17, 15) is 29.7 Å². The number of aldehydes is 1. The summed E-state index contributed by atoms with van der Waals surface area (Å²) in [6.45, 7) is 1.17. The summed E-state index contributed by atoms with van der Waals surface area (Å²) >= 11 is 0. The lowest BCUT2D eigenvalue weighted by atomic mass is 10.1. The van der Waals surface area contributed by atoms with Gasteiger partial charge in [-0.1, -0.05) is 0 Å². The van der Waals surface area contributed by atoms with E-state index >= 15 is 0 Å². The number of ether oxygens (including phenoxy) is 2. The standard InChI is InChI=1S/C20H21N7O9/c1-2-35-20(34)9-4-23-26-11(9)16-24-15(21-3-8(5-28)19(32)33)12-17(25-16)27(7-22-12)18-14(31)13(30)10(6-29)36-18/h3-5,7,10,13-14,18,29-31H,2,6H2,1H3,(H,23,26)(H,32,33)(H,21,24,25)/b8-3-/t10-,13?,14?,18?/m1/s1. The number of hydrogen-bond donors (Lipinski definition) is 6. The van der Waals surface area contributed by atoms with Crippen molar-refractivity contribution >= 4 is 35.2 Å². The van der Waals surface area contributed by atoms with Gasteiger partial charge in [0.2, 0.25) is 0 Å². The number of carbonyl (C=O) groups excluding carboxylic acids is 2. The van der Waals surface area contributed by atoms with Gasteiger partial charge < -0.3 is 35.2 Å². The maximum atomic E-state index is 12.4. The summed E-state index contributed by atoms with van der Waals surface area (Å²) < 4.78 is 11.9. The molecule has 3 aromatic rings. The van der Waals surface area contributed by atoms with Gasteiger partial charge in [0.25, 0.3) is 0 Å². The number of aliphatic hydroxyl groups excluding tert-OH is 3. The molecule has 36 heavy (non-hydrogen) atoms. The number of hydrogen-bond acceptors (Lipinski definition) is 13. The smallest absolute Gasteiger partial charge is 0.342 e. The average Bonchev–Trinajstić information content (AvgIpc) is 3.57. The maximum absolute atomic E-state index is 12.4. The fourth-order valence-electron chi connectivity index (χ4n) is 3.54. The van der Waals surface area contributed by atoms with Crippen LogP contribution in [0, 0.1) is 0 Å². The number of carboxylic acid groups (broad SMARTS) is 1. The quantitative estimate of drug-likeness (QED) is 0.0647. The van der Waals surface area contributed by atoms with Crippen LogP contribution in [0.4, 0.5) is 5.82 Å². The van der Waals surface area contributed by atoms with Gasteiger partial charge in [0.15, 0.2) is 35.3 Å². The number of aliphatic carboxylic acids is 1. The van der Waals surface area contributed by atoms with Gasteiger partial charge in [-0.25, -0.2) is 24.5 Å². The Labute approximate surface area is 201 Å². The van der Waals surface area contributed by atoms with Crippen LogP contribution >= 0.6 is 0 Å². The van der Waals surface area contributed by atoms with Crippen LogP contribution in [0.15, 0.2) is 24.3 Å². The van der Waals surface area contributed by atoms with E-state index in [0.29, 0.717) is 0 Å². The molecule has 0 bridgehead atoms. The second kappa shape index (κ2) is 10.2. The van der Waals surface area contributed by atoms with E-state index < -0.39 is 48.7 Å². The first-order valence-electron chi connectivity index (χ1n) is 10.5. The number of nitrogens with one attached hydrogen (secondary N) is 2. The summed E-state index contributed by atoms with van der Waals surface area (Å²) in [5.41, 5.74) is -0.512. The molecule has 190 valence electrons. The van der Waals surface area contributed by atoms with Crippen molar-refractivity contribution in [2.45, 2.75) is 31.5 Å². The zero-order chi connectivity index (χ0) is 26.0. The Balaban J connectivity index is 1.87. The Hall–Kier alpha value is -4.25. The number of carbonyl (C=O) groups is 3. The van der Waals surface area contributed by atoms with E-state index in [1.807, 2.05) is 0 Å². The largest absolute Gasteiger partial charge is 0.478 e. The molecule has 0 spiro atoms. The number of anilines is 1. The number of esters is 1. The maximum Gasteiger partial charge on any atom is 0.342 e. The molecule has 0 amide bonds. The van der Waals surface area contributed by atoms with Gasteiger partial charge in [0, 0.05) is 12.4 Å². The number of rotatable bonds is 9. The van der Waals surface area contributed by atoms with Crippen molar-refractivity contribution in [2.75, 3.05) is 18.5 Å². The van der Waals surface area contributed by atoms with Crippen LogP contribution < -0.4 is 5.32 Å². The molecule has 16 nitrogen and oxygen atoms in total. The zero-order valence-corrected chi connectivity index (χ0v) is 18.6. The fourth-order valence-corrected chi connectivity index (χ4v) is 3.54. The van der Waals surface area contributed by atoms with Crippen LogP contribution in [0.2, 0.25) is 0 Å². The third-order valence-corrected chi connectivity index (χ3v) is 5.30. The van der Waals surface area contributed by atoms with Crippen molar-refractivity contribution < 1.29 is 44.3 Å². The number of H-pyrrole nitrogens is 1. The SMILES string of the molecule is CCOC(=O)c1c[nH]nc1-c1nc(N/C=C(/C=O)C(=O)O)c2ncn(C3O[C@H](CO)C(O)C3O)c2n1. The summed E-state index contributed by atoms with van der Waals surface area (Å²) in [4.78, 5) is 47.5. The van der Waals surface area contributed by atoms with Crippen molar-refractivity contribution in [1.29, 1.82) is 0 Å². The molecule has 1 fully saturated rings. The van der Waals surface area contributed by atoms with Crippen molar-refractivity contribution in [1.82, 2.24) is 29.7 Å². The first kappa shape index (κ1) is 24.9. The van der Waals surface area contributed by atoms with Crippen LogP contribution in [0.25, 0.3) is 22.7 Å². The number of imidazole rings is 1. The lowest BCUT2D eigenvalue weighted by Gasteiger charge is -2.17. The van der Waals surface area contributed by atoms with Gasteiger partial charge in [-0.15, -0.1) is 0 Å². The van der Waals surface area contributed by atoms with E-state index in [4.69, 9.17) is 14.6 Å². The lowest BCUT2D eigenvalue weighted by molar-refractivity contribution is -0.133.